The first-order valence-electron chi connectivity index (χ1n) is 18.6. The van der Waals surface area contributed by atoms with Gasteiger partial charge in [0.2, 0.25) is 0 Å². The summed E-state index contributed by atoms with van der Waals surface area (Å²) < 4.78 is 20.4. The highest BCUT2D eigenvalue weighted by molar-refractivity contribution is 6.19. The fourth-order valence-corrected chi connectivity index (χ4v) is 6.97. The van der Waals surface area contributed by atoms with Crippen molar-refractivity contribution in [1.82, 2.24) is 0 Å². The number of benzene rings is 5. The number of hydrogen-bond donors (Lipinski definition) is 0. The van der Waals surface area contributed by atoms with Crippen LogP contribution in [0.5, 0.6) is 17.2 Å². The molecular formula is C44H56O3. The molecule has 0 aliphatic rings. The lowest BCUT2D eigenvalue weighted by Crippen LogP contribution is -2.07. The quantitative estimate of drug-likeness (QED) is 0.0631. The molecule has 0 aromatic heterocycles. The molecule has 0 spiro atoms. The van der Waals surface area contributed by atoms with E-state index in [-0.39, 0.29) is 0 Å². The summed E-state index contributed by atoms with van der Waals surface area (Å²) in [5.74, 6) is 2.98. The minimum atomic E-state index is 0.701. The number of hydrogen-bond acceptors (Lipinski definition) is 3. The van der Waals surface area contributed by atoms with Gasteiger partial charge in [-0.05, 0) is 36.5 Å². The third kappa shape index (κ3) is 8.06. The second kappa shape index (κ2) is 18.0. The fraction of sp³-hybridized carbons (Fsp3) is 0.455. The molecule has 3 nitrogen and oxygen atoms in total. The van der Waals surface area contributed by atoms with E-state index in [9.17, 15) is 0 Å². The van der Waals surface area contributed by atoms with Gasteiger partial charge in [0.05, 0.1) is 19.8 Å². The summed E-state index contributed by atoms with van der Waals surface area (Å²) in [6.45, 7) is 11.2. The summed E-state index contributed by atoms with van der Waals surface area (Å²) in [4.78, 5) is 0. The van der Waals surface area contributed by atoms with Crippen molar-refractivity contribution in [2.45, 2.75) is 111 Å². The minimum Gasteiger partial charge on any atom is -0.493 e. The van der Waals surface area contributed by atoms with Gasteiger partial charge in [-0.15, -0.1) is 0 Å². The molecular weight excluding hydrogens is 576 g/mol. The Labute approximate surface area is 283 Å². The molecule has 3 heteroatoms. The summed E-state index contributed by atoms with van der Waals surface area (Å²) in [6.07, 6.45) is 15.0. The SMILES string of the molecule is CCCCCCOc1c(CC)c(-c2c3ccccc3c(OCCCCCC)c3ccccc23)c(OCCCCCC)c2ccccc12. The first-order valence-corrected chi connectivity index (χ1v) is 18.6. The molecule has 250 valence electrons. The molecule has 5 aromatic rings. The summed E-state index contributed by atoms with van der Waals surface area (Å²) in [5.41, 5.74) is 3.62. The van der Waals surface area contributed by atoms with Crippen molar-refractivity contribution < 1.29 is 14.2 Å². The maximum Gasteiger partial charge on any atom is 0.135 e. The Morgan fingerprint density at radius 1 is 0.362 bits per heavy atom. The van der Waals surface area contributed by atoms with Gasteiger partial charge in [-0.1, -0.05) is 158 Å². The zero-order valence-corrected chi connectivity index (χ0v) is 29.5. The van der Waals surface area contributed by atoms with Crippen LogP contribution in [0.2, 0.25) is 0 Å². The molecule has 0 saturated heterocycles. The Morgan fingerprint density at radius 2 is 0.723 bits per heavy atom. The normalized spacial score (nSPS) is 11.5. The Bertz CT molecular complexity index is 1660. The largest absolute Gasteiger partial charge is 0.493 e. The standard InChI is InChI=1S/C44H56O3/c1-5-9-12-21-30-45-42-33(8-4)41(44(47-32-23-14-11-7-3)39-29-20-19-28-38(39)42)40-34-24-15-17-26-36(34)43(46-31-22-13-10-6-2)37-27-18-16-25-35(37)40/h15-20,24-29H,5-14,21-23,30-32H2,1-4H3. The highest BCUT2D eigenvalue weighted by Crippen LogP contribution is 2.52. The summed E-state index contributed by atoms with van der Waals surface area (Å²) in [5, 5.41) is 6.98. The molecule has 0 unspecified atom stereocenters. The van der Waals surface area contributed by atoms with Gasteiger partial charge in [0.15, 0.2) is 0 Å². The molecule has 0 N–H and O–H groups in total. The molecule has 0 amide bonds. The van der Waals surface area contributed by atoms with Gasteiger partial charge in [0.1, 0.15) is 17.2 Å². The molecule has 0 bridgehead atoms. The zero-order chi connectivity index (χ0) is 32.8. The summed E-state index contributed by atoms with van der Waals surface area (Å²) in [6, 6.07) is 26.3. The number of rotatable bonds is 20. The number of unbranched alkanes of at least 4 members (excludes halogenated alkanes) is 9. The van der Waals surface area contributed by atoms with Gasteiger partial charge in [0.25, 0.3) is 0 Å². The molecule has 47 heavy (non-hydrogen) atoms. The molecule has 0 radical (unpaired) electrons. The van der Waals surface area contributed by atoms with Gasteiger partial charge in [-0.3, -0.25) is 0 Å². The Kier molecular flexibility index (Phi) is 13.2. The van der Waals surface area contributed by atoms with Gasteiger partial charge >= 0.3 is 0 Å². The smallest absolute Gasteiger partial charge is 0.135 e. The van der Waals surface area contributed by atoms with Crippen LogP contribution in [0, 0.1) is 0 Å². The minimum absolute atomic E-state index is 0.701. The molecule has 0 atom stereocenters. The van der Waals surface area contributed by atoms with Crippen LogP contribution in [0.25, 0.3) is 43.4 Å². The van der Waals surface area contributed by atoms with E-state index < -0.39 is 0 Å². The topological polar surface area (TPSA) is 27.7 Å². The van der Waals surface area contributed by atoms with Gasteiger partial charge in [-0.25, -0.2) is 0 Å². The summed E-state index contributed by atoms with van der Waals surface area (Å²) >= 11 is 0. The van der Waals surface area contributed by atoms with E-state index in [4.69, 9.17) is 14.2 Å². The van der Waals surface area contributed by atoms with Crippen molar-refractivity contribution in [2.75, 3.05) is 19.8 Å². The maximum absolute atomic E-state index is 6.95. The number of ether oxygens (including phenoxy) is 3. The average Bonchev–Trinajstić information content (AvgIpc) is 3.11. The second-order valence-electron chi connectivity index (χ2n) is 12.9. The summed E-state index contributed by atoms with van der Waals surface area (Å²) in [7, 11) is 0. The molecule has 0 heterocycles. The predicted octanol–water partition coefficient (Wildman–Crippen LogP) is 13.3. The Morgan fingerprint density at radius 3 is 1.15 bits per heavy atom. The van der Waals surface area contributed by atoms with Crippen LogP contribution in [-0.4, -0.2) is 19.8 Å². The first-order chi connectivity index (χ1) is 23.2. The fourth-order valence-electron chi connectivity index (χ4n) is 6.97. The average molecular weight is 633 g/mol. The lowest BCUT2D eigenvalue weighted by molar-refractivity contribution is 0.300. The van der Waals surface area contributed by atoms with E-state index in [0.717, 1.165) is 77.7 Å². The van der Waals surface area contributed by atoms with E-state index in [2.05, 4.69) is 100 Å². The van der Waals surface area contributed by atoms with Crippen LogP contribution in [-0.2, 0) is 6.42 Å². The van der Waals surface area contributed by atoms with Gasteiger partial charge in [-0.2, -0.15) is 0 Å². The molecule has 5 rings (SSSR count). The van der Waals surface area contributed by atoms with Crippen LogP contribution in [0.3, 0.4) is 0 Å². The van der Waals surface area contributed by atoms with Crippen LogP contribution in [0.15, 0.2) is 72.8 Å². The van der Waals surface area contributed by atoms with Crippen LogP contribution in [0.1, 0.15) is 110 Å². The maximum atomic E-state index is 6.95. The highest BCUT2D eigenvalue weighted by Gasteiger charge is 2.26. The second-order valence-corrected chi connectivity index (χ2v) is 12.9. The third-order valence-corrected chi connectivity index (χ3v) is 9.44. The molecule has 5 aromatic carbocycles. The van der Waals surface area contributed by atoms with Crippen molar-refractivity contribution in [1.29, 1.82) is 0 Å². The van der Waals surface area contributed by atoms with Crippen LogP contribution in [0.4, 0.5) is 0 Å². The monoisotopic (exact) mass is 632 g/mol. The first kappa shape index (κ1) is 34.6. The van der Waals surface area contributed by atoms with Crippen molar-refractivity contribution in [3.8, 4) is 28.4 Å². The van der Waals surface area contributed by atoms with E-state index >= 15 is 0 Å². The number of fused-ring (bicyclic) bond motifs is 3. The van der Waals surface area contributed by atoms with Crippen molar-refractivity contribution in [3.05, 3.63) is 78.4 Å². The molecule has 0 saturated carbocycles. The van der Waals surface area contributed by atoms with Crippen molar-refractivity contribution in [3.63, 3.8) is 0 Å². The van der Waals surface area contributed by atoms with Crippen molar-refractivity contribution >= 4 is 32.3 Å². The Hall–Kier alpha value is -3.72. The van der Waals surface area contributed by atoms with Gasteiger partial charge < -0.3 is 14.2 Å². The Balaban J connectivity index is 1.76. The molecule has 0 aliphatic carbocycles. The van der Waals surface area contributed by atoms with E-state index in [0.29, 0.717) is 6.61 Å². The lowest BCUT2D eigenvalue weighted by atomic mass is 9.85. The predicted molar refractivity (Wildman–Crippen MR) is 203 cm³/mol. The molecule has 0 fully saturated rings. The van der Waals surface area contributed by atoms with Crippen molar-refractivity contribution in [2.24, 2.45) is 0 Å². The zero-order valence-electron chi connectivity index (χ0n) is 29.5. The van der Waals surface area contributed by atoms with E-state index in [1.165, 1.54) is 85.3 Å². The molecule has 0 aliphatic heterocycles. The van der Waals surface area contributed by atoms with E-state index in [1.807, 2.05) is 0 Å². The van der Waals surface area contributed by atoms with Gasteiger partial charge in [0, 0.05) is 38.2 Å². The van der Waals surface area contributed by atoms with Crippen LogP contribution >= 0.6 is 0 Å². The van der Waals surface area contributed by atoms with E-state index in [1.54, 1.807) is 0 Å². The third-order valence-electron chi connectivity index (χ3n) is 9.44. The van der Waals surface area contributed by atoms with Crippen LogP contribution < -0.4 is 14.2 Å². The lowest BCUT2D eigenvalue weighted by Gasteiger charge is -2.25. The highest BCUT2D eigenvalue weighted by atomic mass is 16.5.